The van der Waals surface area contributed by atoms with Gasteiger partial charge in [0.1, 0.15) is 12.4 Å². The van der Waals surface area contributed by atoms with Crippen molar-refractivity contribution in [2.45, 2.75) is 0 Å². The average molecular weight is 54.1 g/mol. The smallest absolute Gasteiger partial charge is 0.109 e. The van der Waals surface area contributed by atoms with E-state index in [1.165, 1.54) is 0 Å². The zero-order valence-corrected chi connectivity index (χ0v) is 2.00. The second-order valence-corrected chi connectivity index (χ2v) is 0.250. The Hall–Kier alpha value is -0.660. The predicted molar refractivity (Wildman–Crippen MR) is 15.5 cm³/mol. The first kappa shape index (κ1) is 3.34. The maximum absolute atomic E-state index is 5.90. The summed E-state index contributed by atoms with van der Waals surface area (Å²) in [6.07, 6.45) is 3.19. The van der Waals surface area contributed by atoms with Crippen LogP contribution in [0.15, 0.2) is 0 Å². The summed E-state index contributed by atoms with van der Waals surface area (Å²) in [4.78, 5) is 0. The van der Waals surface area contributed by atoms with Crippen LogP contribution in [0.25, 0.3) is 0 Å². The Morgan fingerprint density at radius 2 is 1.25 bits per heavy atom. The van der Waals surface area contributed by atoms with Crippen molar-refractivity contribution in [2.75, 3.05) is 0 Å². The molecular formula is C2H2N2. The van der Waals surface area contributed by atoms with E-state index in [4.69, 9.17) is 10.8 Å². The van der Waals surface area contributed by atoms with Crippen LogP contribution >= 0.6 is 0 Å². The quantitative estimate of drug-likeness (QED) is 0.397. The fourth-order valence-electron chi connectivity index (χ4n) is 0. The van der Waals surface area contributed by atoms with E-state index in [0.717, 1.165) is 0 Å². The average Bonchev–Trinajstić information content (AvgIpc) is 1.37. The lowest BCUT2D eigenvalue weighted by atomic mass is 10.9. The molecule has 0 aromatic carbocycles. The Labute approximate surface area is 24.5 Å². The number of hydrogen-bond acceptors (Lipinski definition) is 2. The van der Waals surface area contributed by atoms with E-state index in [1.54, 1.807) is 12.4 Å². The molecule has 0 atom stereocenters. The molecule has 0 fully saturated rings. The zero-order valence-electron chi connectivity index (χ0n) is 2.00. The van der Waals surface area contributed by atoms with Gasteiger partial charge in [0.05, 0.1) is 0 Å². The van der Waals surface area contributed by atoms with Gasteiger partial charge >= 0.3 is 0 Å². The Kier molecular flexibility index (Phi) is 1.95. The largest absolute Gasteiger partial charge is 0.296 e. The van der Waals surface area contributed by atoms with Crippen molar-refractivity contribution in [1.82, 2.24) is 0 Å². The topological polar surface area (TPSA) is 47.7 Å². The lowest BCUT2D eigenvalue weighted by Crippen LogP contribution is -1.58. The first-order valence-corrected chi connectivity index (χ1v) is 0.750. The molecule has 20 valence electrons. The van der Waals surface area contributed by atoms with Crippen LogP contribution < -0.4 is 0 Å². The van der Waals surface area contributed by atoms with Crippen LogP contribution in [-0.4, -0.2) is 12.4 Å². The summed E-state index contributed by atoms with van der Waals surface area (Å²) in [5.41, 5.74) is 0. The zero-order chi connectivity index (χ0) is 3.41. The van der Waals surface area contributed by atoms with Crippen molar-refractivity contribution in [1.29, 1.82) is 10.8 Å². The maximum Gasteiger partial charge on any atom is 0.109 e. The van der Waals surface area contributed by atoms with Gasteiger partial charge in [0, 0.05) is 0 Å². The molecule has 0 amide bonds. The molecule has 0 rings (SSSR count). The van der Waals surface area contributed by atoms with Crippen molar-refractivity contribution in [3.63, 3.8) is 0 Å². The molecule has 2 heteroatoms. The Balaban J connectivity index is 2.73. The SMILES string of the molecule is N=[C][C]=N. The maximum atomic E-state index is 5.90. The molecular weight excluding hydrogens is 52.0 g/mol. The van der Waals surface area contributed by atoms with Crippen molar-refractivity contribution in [2.24, 2.45) is 0 Å². The fourth-order valence-corrected chi connectivity index (χ4v) is 0. The highest BCUT2D eigenvalue weighted by Crippen LogP contribution is 1.18. The molecule has 0 aromatic rings. The molecule has 0 saturated heterocycles. The van der Waals surface area contributed by atoms with Gasteiger partial charge in [0.15, 0.2) is 0 Å². The molecule has 0 unspecified atom stereocenters. The lowest BCUT2D eigenvalue weighted by Gasteiger charge is -1.36. The monoisotopic (exact) mass is 54.0 g/mol. The number of rotatable bonds is 1. The fraction of sp³-hybridized carbons (Fsp3) is 0. The summed E-state index contributed by atoms with van der Waals surface area (Å²) in [5, 5.41) is 11.8. The third-order valence-electron chi connectivity index (χ3n) is 0.0625. The van der Waals surface area contributed by atoms with Gasteiger partial charge in [-0.2, -0.15) is 0 Å². The van der Waals surface area contributed by atoms with Crippen LogP contribution in [0.2, 0.25) is 0 Å². The van der Waals surface area contributed by atoms with Crippen molar-refractivity contribution >= 4 is 12.4 Å². The van der Waals surface area contributed by atoms with Crippen LogP contribution in [0.1, 0.15) is 0 Å². The number of nitrogens with one attached hydrogen (secondary N) is 2. The molecule has 0 heterocycles. The van der Waals surface area contributed by atoms with Gasteiger partial charge in [-0.15, -0.1) is 0 Å². The molecule has 2 nitrogen and oxygen atoms in total. The lowest BCUT2D eigenvalue weighted by molar-refractivity contribution is 1.55. The molecule has 0 aromatic heterocycles. The van der Waals surface area contributed by atoms with Crippen LogP contribution in [0, 0.1) is 10.8 Å². The van der Waals surface area contributed by atoms with Gasteiger partial charge in [-0.1, -0.05) is 0 Å². The van der Waals surface area contributed by atoms with E-state index in [0.29, 0.717) is 0 Å². The highest BCUT2D eigenvalue weighted by molar-refractivity contribution is 6.12. The van der Waals surface area contributed by atoms with Gasteiger partial charge in [0.25, 0.3) is 0 Å². The van der Waals surface area contributed by atoms with Crippen molar-refractivity contribution in [3.05, 3.63) is 0 Å². The van der Waals surface area contributed by atoms with Crippen LogP contribution in [0.4, 0.5) is 0 Å². The van der Waals surface area contributed by atoms with Crippen LogP contribution in [0.3, 0.4) is 0 Å². The molecule has 0 bridgehead atoms. The number of hydrogen-bond donors (Lipinski definition) is 2. The molecule has 2 radical (unpaired) electrons. The minimum Gasteiger partial charge on any atom is -0.296 e. The molecule has 4 heavy (non-hydrogen) atoms. The van der Waals surface area contributed by atoms with Crippen molar-refractivity contribution in [3.8, 4) is 0 Å². The first-order valence-electron chi connectivity index (χ1n) is 0.750. The van der Waals surface area contributed by atoms with Gasteiger partial charge in [-0.25, -0.2) is 0 Å². The minimum atomic E-state index is 1.60. The third kappa shape index (κ3) is 1.34. The van der Waals surface area contributed by atoms with Gasteiger partial charge in [0.2, 0.25) is 0 Å². The van der Waals surface area contributed by atoms with Crippen LogP contribution in [0.5, 0.6) is 0 Å². The Morgan fingerprint density at radius 1 is 1.00 bits per heavy atom. The highest BCUT2D eigenvalue weighted by Gasteiger charge is 1.40. The van der Waals surface area contributed by atoms with E-state index in [-0.39, 0.29) is 0 Å². The van der Waals surface area contributed by atoms with Gasteiger partial charge < -0.3 is 0 Å². The molecule has 0 saturated carbocycles. The van der Waals surface area contributed by atoms with E-state index in [9.17, 15) is 0 Å². The first-order chi connectivity index (χ1) is 1.91. The summed E-state index contributed by atoms with van der Waals surface area (Å²) in [7, 11) is 0. The molecule has 0 aliphatic rings. The van der Waals surface area contributed by atoms with E-state index in [1.807, 2.05) is 0 Å². The Bertz CT molecular complexity index is 25.0. The molecule has 0 aliphatic carbocycles. The predicted octanol–water partition coefficient (Wildman–Crippen LogP) is 0.0395. The van der Waals surface area contributed by atoms with Crippen LogP contribution in [-0.2, 0) is 0 Å². The second kappa shape index (κ2) is 2.34. The second-order valence-electron chi connectivity index (χ2n) is 0.250. The van der Waals surface area contributed by atoms with E-state index >= 15 is 0 Å². The van der Waals surface area contributed by atoms with Gasteiger partial charge in [-0.3, -0.25) is 10.8 Å². The summed E-state index contributed by atoms with van der Waals surface area (Å²) in [6, 6.07) is 0. The summed E-state index contributed by atoms with van der Waals surface area (Å²) in [5.74, 6) is 0. The summed E-state index contributed by atoms with van der Waals surface area (Å²) in [6.45, 7) is 0. The standard InChI is InChI=1S/C2H2N2/c3-1-2-4/h3-4H. The summed E-state index contributed by atoms with van der Waals surface area (Å²) >= 11 is 0. The Morgan fingerprint density at radius 3 is 1.25 bits per heavy atom. The van der Waals surface area contributed by atoms with E-state index in [2.05, 4.69) is 0 Å². The highest BCUT2D eigenvalue weighted by atomic mass is 14.4. The van der Waals surface area contributed by atoms with Gasteiger partial charge in [-0.05, 0) is 0 Å². The minimum absolute atomic E-state index is 1.60. The van der Waals surface area contributed by atoms with E-state index < -0.39 is 0 Å². The van der Waals surface area contributed by atoms with Crippen molar-refractivity contribution < 1.29 is 0 Å². The molecule has 0 spiro atoms. The molecule has 2 N–H and O–H groups in total. The normalized spacial score (nSPS) is 5.00. The summed E-state index contributed by atoms with van der Waals surface area (Å²) < 4.78 is 0. The third-order valence-corrected chi connectivity index (χ3v) is 0.0625. The molecule has 0 aliphatic heterocycles.